The van der Waals surface area contributed by atoms with E-state index < -0.39 is 0 Å². The van der Waals surface area contributed by atoms with Gasteiger partial charge in [0.25, 0.3) is 0 Å². The lowest BCUT2D eigenvalue weighted by molar-refractivity contribution is -0.117. The Morgan fingerprint density at radius 3 is 2.61 bits per heavy atom. The first kappa shape index (κ1) is 21.4. The van der Waals surface area contributed by atoms with E-state index in [1.807, 2.05) is 6.07 Å². The van der Waals surface area contributed by atoms with Gasteiger partial charge in [-0.25, -0.2) is 15.0 Å². The number of hydrogen-bond donors (Lipinski definition) is 2. The highest BCUT2D eigenvalue weighted by molar-refractivity contribution is 5.94. The Morgan fingerprint density at radius 1 is 1.16 bits per heavy atom. The molecule has 3 aromatic rings. The molecular formula is C23H20N6O2. The summed E-state index contributed by atoms with van der Waals surface area (Å²) in [5.74, 6) is 6.72. The minimum Gasteiger partial charge on any atom is -0.495 e. The van der Waals surface area contributed by atoms with E-state index in [4.69, 9.17) is 4.74 Å². The largest absolute Gasteiger partial charge is 0.495 e. The Kier molecular flexibility index (Phi) is 6.89. The van der Waals surface area contributed by atoms with Gasteiger partial charge >= 0.3 is 0 Å². The van der Waals surface area contributed by atoms with Gasteiger partial charge in [0, 0.05) is 29.1 Å². The highest BCUT2D eigenvalue weighted by atomic mass is 16.5. The topological polar surface area (TPSA) is 113 Å². The third-order valence-corrected chi connectivity index (χ3v) is 4.49. The molecular weight excluding hydrogens is 392 g/mol. The molecule has 0 spiro atoms. The number of likely N-dealkylation sites (N-methyl/N-ethyl adjacent to an activating group) is 1. The van der Waals surface area contributed by atoms with E-state index in [2.05, 4.69) is 43.5 Å². The molecule has 2 aromatic heterocycles. The predicted molar refractivity (Wildman–Crippen MR) is 116 cm³/mol. The summed E-state index contributed by atoms with van der Waals surface area (Å²) < 4.78 is 5.17. The number of carbonyl (C=O) groups excluding carboxylic acids is 1. The summed E-state index contributed by atoms with van der Waals surface area (Å²) in [6, 6.07) is 10.3. The molecule has 0 fully saturated rings. The van der Waals surface area contributed by atoms with Crippen LogP contribution in [0.4, 0.5) is 5.82 Å². The lowest BCUT2D eigenvalue weighted by Crippen LogP contribution is -2.35. The smallest absolute Gasteiger partial charge is 0.242 e. The number of hydrogen-bond acceptors (Lipinski definition) is 7. The van der Waals surface area contributed by atoms with Crippen LogP contribution in [0.5, 0.6) is 5.75 Å². The molecule has 1 unspecified atom stereocenters. The Morgan fingerprint density at radius 2 is 1.94 bits per heavy atom. The molecule has 0 aliphatic heterocycles. The normalized spacial score (nSPS) is 10.9. The van der Waals surface area contributed by atoms with E-state index in [-0.39, 0.29) is 11.9 Å². The van der Waals surface area contributed by atoms with Crippen molar-refractivity contribution in [3.05, 3.63) is 65.9 Å². The fourth-order valence-electron chi connectivity index (χ4n) is 2.67. The maximum Gasteiger partial charge on any atom is 0.242 e. The molecule has 0 saturated heterocycles. The van der Waals surface area contributed by atoms with Crippen LogP contribution < -0.4 is 15.4 Å². The third kappa shape index (κ3) is 5.21. The number of nitrogens with zero attached hydrogens (tertiary/aromatic N) is 4. The molecule has 8 heteroatoms. The van der Waals surface area contributed by atoms with Crippen molar-refractivity contribution < 1.29 is 9.53 Å². The number of benzene rings is 1. The maximum atomic E-state index is 12.2. The average Bonchev–Trinajstić information content (AvgIpc) is 2.82. The second kappa shape index (κ2) is 9.97. The Hall–Kier alpha value is -4.27. The van der Waals surface area contributed by atoms with E-state index in [1.54, 1.807) is 50.6 Å². The first-order valence-corrected chi connectivity index (χ1v) is 9.40. The minimum absolute atomic E-state index is 0.210. The number of aromatic nitrogens is 3. The third-order valence-electron chi connectivity index (χ3n) is 4.49. The summed E-state index contributed by atoms with van der Waals surface area (Å²) in [5, 5.41) is 14.9. The molecule has 31 heavy (non-hydrogen) atoms. The molecule has 0 radical (unpaired) electrons. The van der Waals surface area contributed by atoms with Crippen molar-refractivity contribution in [1.29, 1.82) is 5.26 Å². The lowest BCUT2D eigenvalue weighted by atomic mass is 10.1. The van der Waals surface area contributed by atoms with Crippen molar-refractivity contribution in [1.82, 2.24) is 20.3 Å². The van der Waals surface area contributed by atoms with Gasteiger partial charge in [-0.3, -0.25) is 4.79 Å². The highest BCUT2D eigenvalue weighted by Crippen LogP contribution is 2.23. The van der Waals surface area contributed by atoms with Crippen LogP contribution in [0.1, 0.15) is 23.7 Å². The van der Waals surface area contributed by atoms with Crippen molar-refractivity contribution in [3.63, 3.8) is 0 Å². The molecule has 0 saturated carbocycles. The van der Waals surface area contributed by atoms with Gasteiger partial charge in [0.15, 0.2) is 0 Å². The maximum absolute atomic E-state index is 12.2. The van der Waals surface area contributed by atoms with Gasteiger partial charge in [0.2, 0.25) is 5.91 Å². The Labute approximate surface area is 180 Å². The van der Waals surface area contributed by atoms with Crippen LogP contribution in [-0.4, -0.2) is 41.1 Å². The number of carbonyl (C=O) groups is 1. The van der Waals surface area contributed by atoms with Gasteiger partial charge < -0.3 is 15.4 Å². The van der Waals surface area contributed by atoms with Crippen molar-refractivity contribution in [3.8, 4) is 34.8 Å². The van der Waals surface area contributed by atoms with Crippen LogP contribution >= 0.6 is 0 Å². The molecule has 154 valence electrons. The monoisotopic (exact) mass is 412 g/mol. The van der Waals surface area contributed by atoms with Crippen LogP contribution in [0.25, 0.3) is 11.1 Å². The van der Waals surface area contributed by atoms with Crippen LogP contribution in [0.2, 0.25) is 0 Å². The summed E-state index contributed by atoms with van der Waals surface area (Å²) >= 11 is 0. The summed E-state index contributed by atoms with van der Waals surface area (Å²) in [5.41, 5.74) is 2.93. The van der Waals surface area contributed by atoms with E-state index >= 15 is 0 Å². The van der Waals surface area contributed by atoms with Gasteiger partial charge in [-0.2, -0.15) is 5.26 Å². The van der Waals surface area contributed by atoms with E-state index in [0.29, 0.717) is 28.4 Å². The second-order valence-corrected chi connectivity index (χ2v) is 6.50. The molecule has 3 rings (SSSR count). The van der Waals surface area contributed by atoms with E-state index in [9.17, 15) is 10.1 Å². The van der Waals surface area contributed by atoms with Crippen LogP contribution in [0.15, 0.2) is 49.1 Å². The lowest BCUT2D eigenvalue weighted by Gasteiger charge is -2.12. The quantitative estimate of drug-likeness (QED) is 0.619. The first-order chi connectivity index (χ1) is 15.0. The van der Waals surface area contributed by atoms with Gasteiger partial charge in [-0.05, 0) is 50.2 Å². The first-order valence-electron chi connectivity index (χ1n) is 9.40. The number of anilines is 1. The zero-order valence-corrected chi connectivity index (χ0v) is 17.3. The molecule has 8 nitrogen and oxygen atoms in total. The molecule has 2 N–H and O–H groups in total. The van der Waals surface area contributed by atoms with Crippen molar-refractivity contribution in [2.45, 2.75) is 13.0 Å². The number of pyridine rings is 1. The van der Waals surface area contributed by atoms with Gasteiger partial charge in [0.1, 0.15) is 29.7 Å². The Bertz CT molecular complexity index is 1190. The standard InChI is InChI=1S/C23H20N6O2/c1-15(25-2)23(30)29-22-9-6-19(18-12-26-14-27-13-18)20(28-22)7-4-16-5-8-21(31-3)17(10-16)11-24/h5-6,8-10,12-15,25H,1-3H3,(H,28,29,30). The number of nitriles is 1. The fraction of sp³-hybridized carbons (Fsp3) is 0.174. The van der Waals surface area contributed by atoms with Crippen LogP contribution in [0, 0.1) is 23.2 Å². The summed E-state index contributed by atoms with van der Waals surface area (Å²) in [7, 11) is 3.21. The number of ether oxygens (including phenoxy) is 1. The highest BCUT2D eigenvalue weighted by Gasteiger charge is 2.13. The number of nitrogens with one attached hydrogen (secondary N) is 2. The van der Waals surface area contributed by atoms with E-state index in [0.717, 1.165) is 11.1 Å². The summed E-state index contributed by atoms with van der Waals surface area (Å²) in [6.07, 6.45) is 4.77. The fourth-order valence-corrected chi connectivity index (χ4v) is 2.67. The van der Waals surface area contributed by atoms with Crippen LogP contribution in [-0.2, 0) is 4.79 Å². The SMILES string of the molecule is CNC(C)C(=O)Nc1ccc(-c2cncnc2)c(C#Cc2ccc(OC)c(C#N)c2)n1. The minimum atomic E-state index is -0.373. The van der Waals surface area contributed by atoms with Gasteiger partial charge in [0.05, 0.1) is 18.7 Å². The molecule has 1 amide bonds. The number of methoxy groups -OCH3 is 1. The summed E-state index contributed by atoms with van der Waals surface area (Å²) in [6.45, 7) is 1.75. The molecule has 1 aromatic carbocycles. The zero-order chi connectivity index (χ0) is 22.2. The van der Waals surface area contributed by atoms with Gasteiger partial charge in [-0.15, -0.1) is 0 Å². The molecule has 2 heterocycles. The van der Waals surface area contributed by atoms with E-state index in [1.165, 1.54) is 13.4 Å². The van der Waals surface area contributed by atoms with Crippen molar-refractivity contribution in [2.75, 3.05) is 19.5 Å². The van der Waals surface area contributed by atoms with Crippen molar-refractivity contribution >= 4 is 11.7 Å². The molecule has 0 aliphatic rings. The summed E-state index contributed by atoms with van der Waals surface area (Å²) in [4.78, 5) is 24.8. The molecule has 1 atom stereocenters. The average molecular weight is 412 g/mol. The zero-order valence-electron chi connectivity index (χ0n) is 17.3. The van der Waals surface area contributed by atoms with Crippen molar-refractivity contribution in [2.24, 2.45) is 0 Å². The number of amides is 1. The Balaban J connectivity index is 2.03. The predicted octanol–water partition coefficient (Wildman–Crippen LogP) is 2.37. The molecule has 0 bridgehead atoms. The second-order valence-electron chi connectivity index (χ2n) is 6.50. The van der Waals surface area contributed by atoms with Gasteiger partial charge in [-0.1, -0.05) is 5.92 Å². The molecule has 0 aliphatic carbocycles. The van der Waals surface area contributed by atoms with Crippen LogP contribution in [0.3, 0.4) is 0 Å². The number of rotatable bonds is 5.